The van der Waals surface area contributed by atoms with Crippen LogP contribution in [0.2, 0.25) is 0 Å². The van der Waals surface area contributed by atoms with Crippen LogP contribution in [0.5, 0.6) is 0 Å². The average Bonchev–Trinajstić information content (AvgIpc) is 3.09. The summed E-state index contributed by atoms with van der Waals surface area (Å²) in [6.07, 6.45) is 0.639. The molecule has 1 unspecified atom stereocenters. The van der Waals surface area contributed by atoms with Gasteiger partial charge in [-0.2, -0.15) is 0 Å². The van der Waals surface area contributed by atoms with Gasteiger partial charge in [-0.15, -0.1) is 0 Å². The van der Waals surface area contributed by atoms with Gasteiger partial charge in [0.15, 0.2) is 0 Å². The second kappa shape index (κ2) is 8.43. The fourth-order valence-corrected chi connectivity index (χ4v) is 3.95. The second-order valence-electron chi connectivity index (χ2n) is 6.34. The van der Waals surface area contributed by atoms with Gasteiger partial charge >= 0.3 is 0 Å². The number of nitrogens with two attached hydrogens (primary N) is 1. The van der Waals surface area contributed by atoms with Gasteiger partial charge in [0.2, 0.25) is 5.91 Å². The van der Waals surface area contributed by atoms with Crippen LogP contribution in [0, 0.1) is 11.7 Å². The van der Waals surface area contributed by atoms with E-state index >= 15 is 0 Å². The van der Waals surface area contributed by atoms with Gasteiger partial charge in [0.05, 0.1) is 16.9 Å². The minimum absolute atomic E-state index is 0.0861. The van der Waals surface area contributed by atoms with Gasteiger partial charge in [-0.25, -0.2) is 4.39 Å². The van der Waals surface area contributed by atoms with Crippen molar-refractivity contribution in [3.8, 4) is 0 Å². The molecule has 26 heavy (non-hydrogen) atoms. The Bertz CT molecular complexity index is 712. The number of hydrogen-bond donors (Lipinski definition) is 2. The molecule has 2 aliphatic heterocycles. The number of nitrogens with zero attached hydrogens (tertiary/aromatic N) is 2. The van der Waals surface area contributed by atoms with Gasteiger partial charge in [0.25, 0.3) is 5.91 Å². The highest BCUT2D eigenvalue weighted by molar-refractivity contribution is 8.00. The van der Waals surface area contributed by atoms with E-state index in [0.717, 1.165) is 11.9 Å². The molecule has 2 saturated heterocycles. The van der Waals surface area contributed by atoms with Crippen molar-refractivity contribution >= 4 is 35.7 Å². The topological polar surface area (TPSA) is 78.7 Å². The first-order valence-electron chi connectivity index (χ1n) is 8.30. The molecule has 1 aromatic rings. The molecule has 0 spiro atoms. The number of carbonyl (C=O) groups is 2. The van der Waals surface area contributed by atoms with Crippen molar-refractivity contribution in [1.82, 2.24) is 14.5 Å². The van der Waals surface area contributed by atoms with Crippen molar-refractivity contribution in [3.63, 3.8) is 0 Å². The number of rotatable bonds is 6. The minimum Gasteiger partial charge on any atom is -0.339 e. The van der Waals surface area contributed by atoms with Crippen LogP contribution in [0.4, 0.5) is 4.39 Å². The third kappa shape index (κ3) is 4.06. The lowest BCUT2D eigenvalue weighted by Crippen LogP contribution is -2.59. The maximum atomic E-state index is 13.8. The SMILES string of the molecule is C=CSNC1CN(C(=O)C2CCN(C(=O)c3ccc(SN)c(F)c3)C2)C1. The summed E-state index contributed by atoms with van der Waals surface area (Å²) in [6, 6.07) is 4.55. The highest BCUT2D eigenvalue weighted by Gasteiger charge is 2.38. The summed E-state index contributed by atoms with van der Waals surface area (Å²) >= 11 is 2.23. The van der Waals surface area contributed by atoms with E-state index in [1.54, 1.807) is 16.4 Å². The van der Waals surface area contributed by atoms with Crippen LogP contribution >= 0.6 is 23.9 Å². The maximum Gasteiger partial charge on any atom is 0.253 e. The monoisotopic (exact) mass is 396 g/mol. The molecule has 0 aliphatic carbocycles. The molecule has 9 heteroatoms. The predicted molar refractivity (Wildman–Crippen MR) is 102 cm³/mol. The average molecular weight is 397 g/mol. The van der Waals surface area contributed by atoms with E-state index in [1.165, 1.54) is 24.1 Å². The Balaban J connectivity index is 1.53. The molecule has 2 heterocycles. The number of halogens is 1. The molecule has 2 aliphatic rings. The summed E-state index contributed by atoms with van der Waals surface area (Å²) in [6.45, 7) is 5.86. The molecule has 3 rings (SSSR count). The fraction of sp³-hybridized carbons (Fsp3) is 0.412. The zero-order chi connectivity index (χ0) is 18.7. The van der Waals surface area contributed by atoms with Crippen LogP contribution in [0.25, 0.3) is 0 Å². The summed E-state index contributed by atoms with van der Waals surface area (Å²) < 4.78 is 17.0. The highest BCUT2D eigenvalue weighted by atomic mass is 32.2. The lowest BCUT2D eigenvalue weighted by atomic mass is 10.0. The second-order valence-corrected chi connectivity index (χ2v) is 7.82. The van der Waals surface area contributed by atoms with Gasteiger partial charge in [0.1, 0.15) is 5.82 Å². The fourth-order valence-electron chi connectivity index (χ4n) is 3.19. The largest absolute Gasteiger partial charge is 0.339 e. The van der Waals surface area contributed by atoms with Crippen molar-refractivity contribution < 1.29 is 14.0 Å². The molecule has 0 bridgehead atoms. The van der Waals surface area contributed by atoms with E-state index in [0.29, 0.717) is 37.5 Å². The Labute approximate surface area is 160 Å². The molecular formula is C17H21FN4O2S2. The summed E-state index contributed by atoms with van der Waals surface area (Å²) in [5.41, 5.74) is 0.281. The van der Waals surface area contributed by atoms with Crippen LogP contribution in [-0.4, -0.2) is 53.8 Å². The summed E-state index contributed by atoms with van der Waals surface area (Å²) in [7, 11) is 0. The Kier molecular flexibility index (Phi) is 6.23. The first-order valence-corrected chi connectivity index (χ1v) is 10.1. The molecule has 2 fully saturated rings. The maximum absolute atomic E-state index is 13.8. The molecule has 1 aromatic carbocycles. The third-order valence-corrected chi connectivity index (χ3v) is 5.86. The van der Waals surface area contributed by atoms with Crippen molar-refractivity contribution in [2.45, 2.75) is 17.4 Å². The zero-order valence-corrected chi connectivity index (χ0v) is 15.8. The molecule has 140 valence electrons. The number of likely N-dealkylation sites (tertiary alicyclic amines) is 2. The van der Waals surface area contributed by atoms with Gasteiger partial charge < -0.3 is 9.80 Å². The highest BCUT2D eigenvalue weighted by Crippen LogP contribution is 2.25. The lowest BCUT2D eigenvalue weighted by molar-refractivity contribution is -0.139. The normalized spacial score (nSPS) is 20.2. The van der Waals surface area contributed by atoms with Gasteiger partial charge in [-0.1, -0.05) is 18.5 Å². The third-order valence-electron chi connectivity index (χ3n) is 4.64. The van der Waals surface area contributed by atoms with Gasteiger partial charge in [0, 0.05) is 31.7 Å². The molecule has 6 nitrogen and oxygen atoms in total. The zero-order valence-electron chi connectivity index (χ0n) is 14.2. The Morgan fingerprint density at radius 1 is 1.31 bits per heavy atom. The van der Waals surface area contributed by atoms with E-state index < -0.39 is 5.82 Å². The van der Waals surface area contributed by atoms with Crippen LogP contribution in [0.15, 0.2) is 35.1 Å². The van der Waals surface area contributed by atoms with Gasteiger partial charge in [-0.05, 0) is 42.0 Å². The van der Waals surface area contributed by atoms with E-state index in [1.807, 2.05) is 4.90 Å². The van der Waals surface area contributed by atoms with Crippen molar-refractivity contribution in [2.75, 3.05) is 26.2 Å². The summed E-state index contributed by atoms with van der Waals surface area (Å²) in [5, 5.41) is 7.08. The summed E-state index contributed by atoms with van der Waals surface area (Å²) in [5.74, 6) is -0.858. The van der Waals surface area contributed by atoms with Crippen LogP contribution in [-0.2, 0) is 4.79 Å². The quantitative estimate of drug-likeness (QED) is 0.715. The lowest BCUT2D eigenvalue weighted by Gasteiger charge is -2.40. The Hall–Kier alpha value is -1.55. The molecule has 2 amide bonds. The van der Waals surface area contributed by atoms with Gasteiger partial charge in [-0.3, -0.25) is 19.5 Å². The summed E-state index contributed by atoms with van der Waals surface area (Å²) in [4.78, 5) is 28.8. The first-order chi connectivity index (χ1) is 12.5. The number of carbonyl (C=O) groups excluding carboxylic acids is 2. The molecule has 0 aromatic heterocycles. The van der Waals surface area contributed by atoms with Crippen LogP contribution < -0.4 is 9.86 Å². The molecular weight excluding hydrogens is 375 g/mol. The molecule has 3 N–H and O–H groups in total. The Morgan fingerprint density at radius 2 is 2.08 bits per heavy atom. The number of nitrogens with one attached hydrogen (secondary N) is 1. The smallest absolute Gasteiger partial charge is 0.253 e. The van der Waals surface area contributed by atoms with Crippen LogP contribution in [0.3, 0.4) is 0 Å². The number of hydrogen-bond acceptors (Lipinski definition) is 6. The first kappa shape index (κ1) is 19.2. The van der Waals surface area contributed by atoms with E-state index in [9.17, 15) is 14.0 Å². The molecule has 0 radical (unpaired) electrons. The standard InChI is InChI=1S/C17H21FN4O2S2/c1-2-25-20-13-9-22(10-13)17(24)12-5-6-21(8-12)16(23)11-3-4-15(26-19)14(18)7-11/h2-4,7,12-13,20H,1,5-6,8-10,19H2. The van der Waals surface area contributed by atoms with Crippen molar-refractivity contribution in [2.24, 2.45) is 11.1 Å². The molecule has 1 atom stereocenters. The number of benzene rings is 1. The van der Waals surface area contributed by atoms with E-state index in [2.05, 4.69) is 11.3 Å². The number of amides is 2. The van der Waals surface area contributed by atoms with Crippen molar-refractivity contribution in [1.29, 1.82) is 0 Å². The van der Waals surface area contributed by atoms with Crippen molar-refractivity contribution in [3.05, 3.63) is 41.6 Å². The molecule has 0 saturated carbocycles. The van der Waals surface area contributed by atoms with E-state index in [4.69, 9.17) is 5.14 Å². The predicted octanol–water partition coefficient (Wildman–Crippen LogP) is 1.85. The minimum atomic E-state index is -0.508. The Morgan fingerprint density at radius 3 is 2.73 bits per heavy atom. The van der Waals surface area contributed by atoms with Crippen LogP contribution in [0.1, 0.15) is 16.8 Å². The van der Waals surface area contributed by atoms with E-state index in [-0.39, 0.29) is 29.3 Å².